The van der Waals surface area contributed by atoms with Crippen molar-refractivity contribution in [1.29, 1.82) is 0 Å². The number of nitrogens with zero attached hydrogens (tertiary/aromatic N) is 2. The third-order valence-corrected chi connectivity index (χ3v) is 5.47. The van der Waals surface area contributed by atoms with E-state index in [9.17, 15) is 0 Å². The molecule has 0 radical (unpaired) electrons. The maximum atomic E-state index is 5.62. The van der Waals surface area contributed by atoms with Gasteiger partial charge in [-0.2, -0.15) is 0 Å². The van der Waals surface area contributed by atoms with Gasteiger partial charge in [0.15, 0.2) is 0 Å². The second-order valence-electron chi connectivity index (χ2n) is 6.66. The van der Waals surface area contributed by atoms with Gasteiger partial charge in [0.2, 0.25) is 0 Å². The zero-order valence-corrected chi connectivity index (χ0v) is 13.9. The molecule has 0 unspecified atom stereocenters. The highest BCUT2D eigenvalue weighted by molar-refractivity contribution is 6.10. The number of ether oxygens (including phenoxy) is 1. The van der Waals surface area contributed by atoms with Crippen LogP contribution >= 0.6 is 0 Å². The summed E-state index contributed by atoms with van der Waals surface area (Å²) in [5, 5.41) is 3.51. The molecule has 1 aromatic carbocycles. The Morgan fingerprint density at radius 1 is 1.30 bits per heavy atom. The predicted octanol–water partition coefficient (Wildman–Crippen LogP) is 2.63. The third kappa shape index (κ3) is 2.22. The van der Waals surface area contributed by atoms with Crippen LogP contribution < -0.4 is 10.1 Å². The van der Waals surface area contributed by atoms with E-state index >= 15 is 0 Å². The van der Waals surface area contributed by atoms with Crippen LogP contribution in [0.5, 0.6) is 5.75 Å². The van der Waals surface area contributed by atoms with Crippen molar-refractivity contribution in [2.45, 2.75) is 31.1 Å². The lowest BCUT2D eigenvalue weighted by atomic mass is 9.65. The van der Waals surface area contributed by atoms with Crippen LogP contribution in [0, 0.1) is 11.8 Å². The number of anilines is 1. The zero-order chi connectivity index (χ0) is 15.9. The molecule has 3 aliphatic rings. The molecule has 0 bridgehead atoms. The van der Waals surface area contributed by atoms with Crippen LogP contribution in [0.3, 0.4) is 0 Å². The molecule has 1 saturated heterocycles. The summed E-state index contributed by atoms with van der Waals surface area (Å²) in [6.07, 6.45) is 4.90. The van der Waals surface area contributed by atoms with E-state index in [1.807, 2.05) is 7.05 Å². The molecule has 1 saturated carbocycles. The standard InChI is InChI=1S/C19H23N3O/c1-20-18-19(7-4-8-19)15-13-17(23-2)14(12-16(15)21-18)6-3-9-22-10-5-11-22/h12-13H,4-5,7-11H2,1-2H3,(H,20,21). The molecule has 2 heterocycles. The molecule has 2 aliphatic heterocycles. The van der Waals surface area contributed by atoms with E-state index in [1.54, 1.807) is 7.11 Å². The van der Waals surface area contributed by atoms with Crippen LogP contribution in [0.15, 0.2) is 17.1 Å². The first kappa shape index (κ1) is 14.6. The first-order chi connectivity index (χ1) is 11.3. The summed E-state index contributed by atoms with van der Waals surface area (Å²) in [6, 6.07) is 4.31. The lowest BCUT2D eigenvalue weighted by molar-refractivity contribution is 0.207. The third-order valence-electron chi connectivity index (χ3n) is 5.47. The minimum Gasteiger partial charge on any atom is -0.495 e. The smallest absolute Gasteiger partial charge is 0.134 e. The molecule has 4 rings (SSSR count). The lowest BCUT2D eigenvalue weighted by Crippen LogP contribution is -2.41. The van der Waals surface area contributed by atoms with Crippen molar-refractivity contribution in [3.05, 3.63) is 23.3 Å². The van der Waals surface area contributed by atoms with Crippen LogP contribution in [-0.2, 0) is 5.41 Å². The molecule has 0 aromatic heterocycles. The second-order valence-corrected chi connectivity index (χ2v) is 6.66. The van der Waals surface area contributed by atoms with Crippen molar-refractivity contribution in [2.75, 3.05) is 39.1 Å². The Balaban J connectivity index is 1.67. The topological polar surface area (TPSA) is 36.9 Å². The van der Waals surface area contributed by atoms with Crippen molar-refractivity contribution in [3.63, 3.8) is 0 Å². The first-order valence-electron chi connectivity index (χ1n) is 8.45. The van der Waals surface area contributed by atoms with Crippen molar-refractivity contribution in [2.24, 2.45) is 4.99 Å². The summed E-state index contributed by atoms with van der Waals surface area (Å²) in [5.41, 5.74) is 3.54. The van der Waals surface area contributed by atoms with Gasteiger partial charge < -0.3 is 10.1 Å². The van der Waals surface area contributed by atoms with E-state index in [1.165, 1.54) is 44.3 Å². The van der Waals surface area contributed by atoms with E-state index < -0.39 is 0 Å². The first-order valence-corrected chi connectivity index (χ1v) is 8.45. The van der Waals surface area contributed by atoms with Gasteiger partial charge in [0.05, 0.1) is 24.6 Å². The molecule has 1 aromatic rings. The Bertz CT molecular complexity index is 718. The van der Waals surface area contributed by atoms with Crippen LogP contribution in [-0.4, -0.2) is 44.5 Å². The Labute approximate surface area is 137 Å². The molecule has 0 amide bonds. The number of aliphatic imine (C=N–C) groups is 1. The van der Waals surface area contributed by atoms with E-state index in [-0.39, 0.29) is 5.41 Å². The Kier molecular flexibility index (Phi) is 3.54. The molecule has 0 atom stereocenters. The van der Waals surface area contributed by atoms with Crippen molar-refractivity contribution < 1.29 is 4.74 Å². The second kappa shape index (κ2) is 5.58. The number of hydrogen-bond donors (Lipinski definition) is 1. The lowest BCUT2D eigenvalue weighted by Gasteiger charge is -2.38. The summed E-state index contributed by atoms with van der Waals surface area (Å²) in [6.45, 7) is 3.20. The molecule has 4 heteroatoms. The van der Waals surface area contributed by atoms with Gasteiger partial charge in [-0.1, -0.05) is 18.3 Å². The fraction of sp³-hybridized carbons (Fsp3) is 0.526. The Morgan fingerprint density at radius 3 is 2.70 bits per heavy atom. The van der Waals surface area contributed by atoms with Crippen molar-refractivity contribution in [1.82, 2.24) is 4.90 Å². The van der Waals surface area contributed by atoms with Gasteiger partial charge in [-0.25, -0.2) is 0 Å². The minimum atomic E-state index is 0.0982. The number of methoxy groups -OCH3 is 1. The average molecular weight is 309 g/mol. The highest BCUT2D eigenvalue weighted by Gasteiger charge is 2.49. The van der Waals surface area contributed by atoms with E-state index in [2.05, 4.69) is 39.2 Å². The normalized spacial score (nSPS) is 22.6. The predicted molar refractivity (Wildman–Crippen MR) is 93.4 cm³/mol. The van der Waals surface area contributed by atoms with E-state index in [4.69, 9.17) is 4.74 Å². The van der Waals surface area contributed by atoms with Gasteiger partial charge in [-0.15, -0.1) is 0 Å². The average Bonchev–Trinajstić information content (AvgIpc) is 2.81. The monoisotopic (exact) mass is 309 g/mol. The Morgan fingerprint density at radius 2 is 2.13 bits per heavy atom. The molecule has 120 valence electrons. The molecular formula is C19H23N3O. The fourth-order valence-electron chi connectivity index (χ4n) is 3.81. The van der Waals surface area contributed by atoms with Crippen molar-refractivity contribution in [3.8, 4) is 17.6 Å². The molecule has 1 aliphatic carbocycles. The van der Waals surface area contributed by atoms with Gasteiger partial charge in [0.1, 0.15) is 11.6 Å². The van der Waals surface area contributed by atoms with Gasteiger partial charge in [-0.3, -0.25) is 9.89 Å². The van der Waals surface area contributed by atoms with Crippen LogP contribution in [0.25, 0.3) is 0 Å². The maximum absolute atomic E-state index is 5.62. The highest BCUT2D eigenvalue weighted by atomic mass is 16.5. The molecule has 23 heavy (non-hydrogen) atoms. The number of likely N-dealkylation sites (tertiary alicyclic amines) is 1. The summed E-state index contributed by atoms with van der Waals surface area (Å²) in [7, 11) is 3.60. The number of rotatable bonds is 2. The minimum absolute atomic E-state index is 0.0982. The largest absolute Gasteiger partial charge is 0.495 e. The number of nitrogens with one attached hydrogen (secondary N) is 1. The van der Waals surface area contributed by atoms with Gasteiger partial charge in [-0.05, 0) is 37.0 Å². The van der Waals surface area contributed by atoms with Crippen LogP contribution in [0.2, 0.25) is 0 Å². The fourth-order valence-corrected chi connectivity index (χ4v) is 3.81. The summed E-state index contributed by atoms with van der Waals surface area (Å²) < 4.78 is 5.62. The van der Waals surface area contributed by atoms with Gasteiger partial charge in [0.25, 0.3) is 0 Å². The summed E-state index contributed by atoms with van der Waals surface area (Å²) in [5.74, 6) is 8.56. The molecule has 4 nitrogen and oxygen atoms in total. The molecular weight excluding hydrogens is 286 g/mol. The SMILES string of the molecule is CN=C1Nc2cc(C#CCN3CCC3)c(OC)cc2C12CCC2. The number of amidine groups is 1. The number of fused-ring (bicyclic) bond motifs is 2. The van der Waals surface area contributed by atoms with Crippen LogP contribution in [0.4, 0.5) is 5.69 Å². The Hall–Kier alpha value is -1.99. The highest BCUT2D eigenvalue weighted by Crippen LogP contribution is 2.52. The molecule has 1 N–H and O–H groups in total. The molecule has 2 fully saturated rings. The quantitative estimate of drug-likeness (QED) is 0.853. The van der Waals surface area contributed by atoms with Gasteiger partial charge >= 0.3 is 0 Å². The van der Waals surface area contributed by atoms with Gasteiger partial charge in [0, 0.05) is 25.8 Å². The van der Waals surface area contributed by atoms with Crippen molar-refractivity contribution >= 4 is 11.5 Å². The van der Waals surface area contributed by atoms with E-state index in [0.29, 0.717) is 0 Å². The maximum Gasteiger partial charge on any atom is 0.134 e. The number of benzene rings is 1. The summed E-state index contributed by atoms with van der Waals surface area (Å²) in [4.78, 5) is 6.85. The molecule has 1 spiro atoms. The zero-order valence-electron chi connectivity index (χ0n) is 13.9. The van der Waals surface area contributed by atoms with Crippen LogP contribution in [0.1, 0.15) is 36.8 Å². The summed E-state index contributed by atoms with van der Waals surface area (Å²) >= 11 is 0. The number of hydrogen-bond acceptors (Lipinski definition) is 3. The van der Waals surface area contributed by atoms with E-state index in [0.717, 1.165) is 29.4 Å².